The third-order valence-electron chi connectivity index (χ3n) is 3.72. The highest BCUT2D eigenvalue weighted by atomic mass is 32.1. The van der Waals surface area contributed by atoms with Crippen molar-refractivity contribution in [3.63, 3.8) is 0 Å². The number of thiazole rings is 1. The fourth-order valence-corrected chi connectivity index (χ4v) is 3.25. The molecule has 0 saturated carbocycles. The van der Waals surface area contributed by atoms with Crippen molar-refractivity contribution in [2.45, 2.75) is 47.1 Å². The molecule has 1 aromatic rings. The molecule has 0 aliphatic carbocycles. The maximum absolute atomic E-state index is 4.76. The smallest absolute Gasteiger partial charge is 0.185 e. The van der Waals surface area contributed by atoms with E-state index in [1.54, 1.807) is 11.3 Å². The molecule has 21 heavy (non-hydrogen) atoms. The molecule has 1 heterocycles. The summed E-state index contributed by atoms with van der Waals surface area (Å²) in [5, 5.41) is 6.77. The van der Waals surface area contributed by atoms with Crippen LogP contribution in [-0.2, 0) is 6.54 Å². The molecule has 0 aliphatic heterocycles. The van der Waals surface area contributed by atoms with E-state index in [1.807, 2.05) is 0 Å². The first-order valence-electron chi connectivity index (χ1n) is 8.37. The Morgan fingerprint density at radius 3 is 2.48 bits per heavy atom. The van der Waals surface area contributed by atoms with Gasteiger partial charge in [0.2, 0.25) is 0 Å². The quantitative estimate of drug-likeness (QED) is 0.601. The minimum atomic E-state index is 0.890. The SMILES string of the molecule is CCCNCc1csc(N(CC)CCCN(CC)CC)n1. The predicted octanol–water partition coefficient (Wildman–Crippen LogP) is 3.20. The van der Waals surface area contributed by atoms with E-state index in [4.69, 9.17) is 4.98 Å². The zero-order chi connectivity index (χ0) is 15.5. The Kier molecular flexibility index (Phi) is 9.63. The molecule has 4 nitrogen and oxygen atoms in total. The van der Waals surface area contributed by atoms with Crippen molar-refractivity contribution in [1.29, 1.82) is 0 Å². The van der Waals surface area contributed by atoms with Crippen LogP contribution in [-0.4, -0.2) is 49.2 Å². The molecule has 0 amide bonds. The second-order valence-electron chi connectivity index (χ2n) is 5.26. The van der Waals surface area contributed by atoms with E-state index in [2.05, 4.69) is 48.2 Å². The minimum absolute atomic E-state index is 0.890. The summed E-state index contributed by atoms with van der Waals surface area (Å²) in [5.41, 5.74) is 1.17. The number of hydrogen-bond acceptors (Lipinski definition) is 5. The third kappa shape index (κ3) is 6.76. The lowest BCUT2D eigenvalue weighted by Gasteiger charge is -2.23. The molecule has 0 radical (unpaired) electrons. The van der Waals surface area contributed by atoms with E-state index in [1.165, 1.54) is 30.2 Å². The summed E-state index contributed by atoms with van der Waals surface area (Å²) in [6.45, 7) is 16.4. The first-order valence-corrected chi connectivity index (χ1v) is 9.25. The van der Waals surface area contributed by atoms with E-state index < -0.39 is 0 Å². The van der Waals surface area contributed by atoms with Crippen molar-refractivity contribution in [3.8, 4) is 0 Å². The lowest BCUT2D eigenvalue weighted by atomic mass is 10.3. The zero-order valence-electron chi connectivity index (χ0n) is 14.2. The van der Waals surface area contributed by atoms with Gasteiger partial charge in [0.25, 0.3) is 0 Å². The van der Waals surface area contributed by atoms with Crippen LogP contribution in [0.4, 0.5) is 5.13 Å². The van der Waals surface area contributed by atoms with Crippen molar-refractivity contribution in [2.75, 3.05) is 44.2 Å². The Morgan fingerprint density at radius 2 is 1.86 bits per heavy atom. The third-order valence-corrected chi connectivity index (χ3v) is 4.67. The van der Waals surface area contributed by atoms with Crippen LogP contribution in [0.5, 0.6) is 0 Å². The topological polar surface area (TPSA) is 31.4 Å². The van der Waals surface area contributed by atoms with Crippen LogP contribution < -0.4 is 10.2 Å². The van der Waals surface area contributed by atoms with Crippen LogP contribution in [0.25, 0.3) is 0 Å². The highest BCUT2D eigenvalue weighted by molar-refractivity contribution is 7.13. The van der Waals surface area contributed by atoms with E-state index in [9.17, 15) is 0 Å². The van der Waals surface area contributed by atoms with E-state index in [0.29, 0.717) is 0 Å². The highest BCUT2D eigenvalue weighted by Gasteiger charge is 2.10. The molecular formula is C16H32N4S. The molecule has 0 bridgehead atoms. The molecule has 0 unspecified atom stereocenters. The Morgan fingerprint density at radius 1 is 1.10 bits per heavy atom. The Balaban J connectivity index is 2.41. The second-order valence-corrected chi connectivity index (χ2v) is 6.09. The highest BCUT2D eigenvalue weighted by Crippen LogP contribution is 2.20. The second kappa shape index (κ2) is 11.0. The first kappa shape index (κ1) is 18.4. The van der Waals surface area contributed by atoms with Crippen molar-refractivity contribution in [3.05, 3.63) is 11.1 Å². The molecule has 1 rings (SSSR count). The molecule has 0 aliphatic rings. The van der Waals surface area contributed by atoms with Crippen molar-refractivity contribution >= 4 is 16.5 Å². The maximum atomic E-state index is 4.76. The molecule has 0 spiro atoms. The maximum Gasteiger partial charge on any atom is 0.185 e. The number of nitrogens with zero attached hydrogens (tertiary/aromatic N) is 3. The van der Waals surface area contributed by atoms with Gasteiger partial charge in [-0.1, -0.05) is 20.8 Å². The Hall–Kier alpha value is -0.650. The fraction of sp³-hybridized carbons (Fsp3) is 0.812. The molecular weight excluding hydrogens is 280 g/mol. The molecule has 5 heteroatoms. The summed E-state index contributed by atoms with van der Waals surface area (Å²) in [4.78, 5) is 9.64. The Bertz CT molecular complexity index is 363. The van der Waals surface area contributed by atoms with Crippen LogP contribution in [0.15, 0.2) is 5.38 Å². The molecule has 1 N–H and O–H groups in total. The standard InChI is InChI=1S/C16H32N4S/c1-5-10-17-13-15-14-21-16(18-15)20(8-4)12-9-11-19(6-2)7-3/h14,17H,5-13H2,1-4H3. The fourth-order valence-electron chi connectivity index (χ4n) is 2.33. The van der Waals surface area contributed by atoms with Gasteiger partial charge in [0.05, 0.1) is 5.69 Å². The van der Waals surface area contributed by atoms with Crippen molar-refractivity contribution in [2.24, 2.45) is 0 Å². The lowest BCUT2D eigenvalue weighted by molar-refractivity contribution is 0.300. The van der Waals surface area contributed by atoms with Crippen LogP contribution in [0.3, 0.4) is 0 Å². The van der Waals surface area contributed by atoms with Gasteiger partial charge >= 0.3 is 0 Å². The van der Waals surface area contributed by atoms with Gasteiger partial charge in [-0.3, -0.25) is 0 Å². The van der Waals surface area contributed by atoms with Gasteiger partial charge in [0.1, 0.15) is 0 Å². The van der Waals surface area contributed by atoms with E-state index in [0.717, 1.165) is 39.3 Å². The van der Waals surface area contributed by atoms with Crippen molar-refractivity contribution < 1.29 is 0 Å². The first-order chi connectivity index (χ1) is 10.2. The van der Waals surface area contributed by atoms with Gasteiger partial charge in [-0.15, -0.1) is 11.3 Å². The summed E-state index contributed by atoms with van der Waals surface area (Å²) < 4.78 is 0. The van der Waals surface area contributed by atoms with Gasteiger partial charge in [0.15, 0.2) is 5.13 Å². The lowest BCUT2D eigenvalue weighted by Crippen LogP contribution is -2.30. The van der Waals surface area contributed by atoms with Crippen molar-refractivity contribution in [1.82, 2.24) is 15.2 Å². The van der Waals surface area contributed by atoms with E-state index >= 15 is 0 Å². The molecule has 0 saturated heterocycles. The molecule has 0 atom stereocenters. The Labute approximate surface area is 134 Å². The zero-order valence-corrected chi connectivity index (χ0v) is 15.0. The molecule has 1 aromatic heterocycles. The van der Waals surface area contributed by atoms with Crippen LogP contribution in [0, 0.1) is 0 Å². The van der Waals surface area contributed by atoms with Crippen LogP contribution in [0.2, 0.25) is 0 Å². The predicted molar refractivity (Wildman–Crippen MR) is 94.4 cm³/mol. The van der Waals surface area contributed by atoms with E-state index in [-0.39, 0.29) is 0 Å². The van der Waals surface area contributed by atoms with Gasteiger partial charge in [-0.05, 0) is 45.9 Å². The summed E-state index contributed by atoms with van der Waals surface area (Å²) in [6, 6.07) is 0. The summed E-state index contributed by atoms with van der Waals surface area (Å²) in [5.74, 6) is 0. The van der Waals surface area contributed by atoms with Gasteiger partial charge < -0.3 is 15.1 Å². The number of nitrogens with one attached hydrogen (secondary N) is 1. The van der Waals surface area contributed by atoms with Crippen LogP contribution >= 0.6 is 11.3 Å². The van der Waals surface area contributed by atoms with Crippen LogP contribution in [0.1, 0.15) is 46.2 Å². The molecule has 0 fully saturated rings. The normalized spacial score (nSPS) is 11.3. The van der Waals surface area contributed by atoms with Gasteiger partial charge in [-0.2, -0.15) is 0 Å². The van der Waals surface area contributed by atoms with Gasteiger partial charge in [0, 0.05) is 25.0 Å². The number of rotatable bonds is 12. The van der Waals surface area contributed by atoms with Gasteiger partial charge in [-0.25, -0.2) is 4.98 Å². The summed E-state index contributed by atoms with van der Waals surface area (Å²) in [7, 11) is 0. The summed E-state index contributed by atoms with van der Waals surface area (Å²) >= 11 is 1.77. The summed E-state index contributed by atoms with van der Waals surface area (Å²) in [6.07, 6.45) is 2.38. The minimum Gasteiger partial charge on any atom is -0.348 e. The number of aromatic nitrogens is 1. The monoisotopic (exact) mass is 312 g/mol. The number of hydrogen-bond donors (Lipinski definition) is 1. The molecule has 0 aromatic carbocycles. The number of anilines is 1. The average molecular weight is 313 g/mol. The average Bonchev–Trinajstić information content (AvgIpc) is 2.96. The molecule has 122 valence electrons. The largest absolute Gasteiger partial charge is 0.348 e.